The lowest BCUT2D eigenvalue weighted by atomic mass is 9.87. The van der Waals surface area contributed by atoms with E-state index in [-0.39, 0.29) is 18.0 Å². The number of hydrogen-bond donors (Lipinski definition) is 2. The molecule has 2 unspecified atom stereocenters. The molecule has 2 amide bonds. The molecule has 0 fully saturated rings. The van der Waals surface area contributed by atoms with Crippen molar-refractivity contribution in [2.75, 3.05) is 26.0 Å². The van der Waals surface area contributed by atoms with Crippen LogP contribution in [0, 0.1) is 0 Å². The van der Waals surface area contributed by atoms with E-state index in [0.29, 0.717) is 22.4 Å². The van der Waals surface area contributed by atoms with Crippen LogP contribution in [0.3, 0.4) is 0 Å². The Kier molecular flexibility index (Phi) is 11.3. The van der Waals surface area contributed by atoms with Crippen molar-refractivity contribution in [3.63, 3.8) is 0 Å². The van der Waals surface area contributed by atoms with Gasteiger partial charge in [-0.1, -0.05) is 76.2 Å². The highest BCUT2D eigenvalue weighted by Crippen LogP contribution is 2.43. The van der Waals surface area contributed by atoms with Crippen molar-refractivity contribution in [1.29, 1.82) is 0 Å². The number of benzene rings is 2. The van der Waals surface area contributed by atoms with Gasteiger partial charge in [-0.2, -0.15) is 0 Å². The quantitative estimate of drug-likeness (QED) is 0.234. The van der Waals surface area contributed by atoms with Gasteiger partial charge in [-0.15, -0.1) is 0 Å². The van der Waals surface area contributed by atoms with Gasteiger partial charge in [0.25, 0.3) is 11.8 Å². The lowest BCUT2D eigenvalue weighted by Gasteiger charge is -2.35. The second-order valence-electron chi connectivity index (χ2n) is 11.5. The first-order valence-electron chi connectivity index (χ1n) is 16.0. The number of amides is 2. The van der Waals surface area contributed by atoms with Crippen molar-refractivity contribution >= 4 is 29.1 Å². The fourth-order valence-corrected chi connectivity index (χ4v) is 6.32. The molecule has 3 aromatic rings. The molecule has 46 heavy (non-hydrogen) atoms. The molecule has 2 N–H and O–H groups in total. The molecule has 0 spiro atoms. The summed E-state index contributed by atoms with van der Waals surface area (Å²) in [5.74, 6) is 0.0863. The SMILES string of the molecule is C=C1N(CC(C)O)C=C(C(=O)Nc2cccc(-c3cccc(-c4cc5c(c(OC)n4)CCC5)c3Cl)c2C(C)CC)C(=O)N1C.CC. The largest absolute Gasteiger partial charge is 0.481 e. The lowest BCUT2D eigenvalue weighted by molar-refractivity contribution is -0.128. The van der Waals surface area contributed by atoms with Crippen LogP contribution in [0.1, 0.15) is 70.1 Å². The second-order valence-corrected chi connectivity index (χ2v) is 11.9. The number of carbonyl (C=O) groups excluding carboxylic acids is 2. The highest BCUT2D eigenvalue weighted by molar-refractivity contribution is 6.36. The van der Waals surface area contributed by atoms with E-state index in [9.17, 15) is 14.7 Å². The van der Waals surface area contributed by atoms with E-state index in [1.54, 1.807) is 26.0 Å². The summed E-state index contributed by atoms with van der Waals surface area (Å²) in [5.41, 5.74) is 7.17. The first kappa shape index (κ1) is 34.7. The molecule has 0 radical (unpaired) electrons. The summed E-state index contributed by atoms with van der Waals surface area (Å²) in [6.07, 6.45) is 4.61. The Morgan fingerprint density at radius 2 is 1.80 bits per heavy atom. The number of fused-ring (bicyclic) bond motifs is 1. The maximum absolute atomic E-state index is 13.6. The molecule has 0 saturated carbocycles. The van der Waals surface area contributed by atoms with Crippen LogP contribution >= 0.6 is 11.6 Å². The Bertz CT molecular complexity index is 1670. The number of aromatic nitrogens is 1. The first-order chi connectivity index (χ1) is 22.0. The second kappa shape index (κ2) is 15.0. The summed E-state index contributed by atoms with van der Waals surface area (Å²) in [4.78, 5) is 34.5. The van der Waals surface area contributed by atoms with Crippen LogP contribution in [0.2, 0.25) is 5.02 Å². The number of aliphatic hydroxyl groups excluding tert-OH is 1. The smallest absolute Gasteiger partial charge is 0.266 e. The summed E-state index contributed by atoms with van der Waals surface area (Å²) in [6, 6.07) is 13.8. The standard InChI is InChI=1S/C35H39ClN4O4.C2H6/c1-7-20(2)31-25(26-14-9-15-27(32(26)36)30-17-23-11-8-12-24(23)34(38-30)44-6)13-10-16-29(31)37-33(42)28-19-40(18-21(3)41)22(4)39(5)35(28)43;1-2/h9-10,13-17,19-21,41H,4,7-8,11-12,18H2,1-3,5-6H3,(H,37,42);1-2H3. The number of hydrogen-bond acceptors (Lipinski definition) is 6. The van der Waals surface area contributed by atoms with Crippen molar-refractivity contribution < 1.29 is 19.4 Å². The van der Waals surface area contributed by atoms with Gasteiger partial charge in [-0.25, -0.2) is 4.98 Å². The van der Waals surface area contributed by atoms with Gasteiger partial charge in [0.15, 0.2) is 0 Å². The number of nitrogens with one attached hydrogen (secondary N) is 1. The highest BCUT2D eigenvalue weighted by atomic mass is 35.5. The highest BCUT2D eigenvalue weighted by Gasteiger charge is 2.32. The van der Waals surface area contributed by atoms with Crippen molar-refractivity contribution in [1.82, 2.24) is 14.8 Å². The summed E-state index contributed by atoms with van der Waals surface area (Å²) in [7, 11) is 3.21. The van der Waals surface area contributed by atoms with Gasteiger partial charge >= 0.3 is 0 Å². The average Bonchev–Trinajstić information content (AvgIpc) is 3.54. The number of carbonyl (C=O) groups is 2. The summed E-state index contributed by atoms with van der Waals surface area (Å²) in [6.45, 7) is 14.0. The Morgan fingerprint density at radius 3 is 2.48 bits per heavy atom. The van der Waals surface area contributed by atoms with Crippen LogP contribution < -0.4 is 10.1 Å². The first-order valence-corrected chi connectivity index (χ1v) is 16.4. The zero-order valence-corrected chi connectivity index (χ0v) is 28.7. The van der Waals surface area contributed by atoms with Crippen LogP contribution in [0.5, 0.6) is 5.88 Å². The third-order valence-corrected chi connectivity index (χ3v) is 8.92. The molecule has 9 heteroatoms. The molecule has 2 heterocycles. The number of nitrogens with zero attached hydrogens (tertiary/aromatic N) is 3. The molecule has 1 aromatic heterocycles. The maximum atomic E-state index is 13.6. The van der Waals surface area contributed by atoms with Crippen molar-refractivity contribution in [3.05, 3.63) is 88.4 Å². The van der Waals surface area contributed by atoms with E-state index in [2.05, 4.69) is 31.8 Å². The number of anilines is 1. The molecule has 2 aliphatic rings. The number of β-amino-alcohol motifs (C(OH)–C–C–N with tert-alkyl or cyclic N) is 1. The van der Waals surface area contributed by atoms with E-state index in [1.165, 1.54) is 22.2 Å². The van der Waals surface area contributed by atoms with Crippen LogP contribution in [0.4, 0.5) is 5.69 Å². The van der Waals surface area contributed by atoms with Crippen molar-refractivity contribution in [2.45, 2.75) is 72.3 Å². The van der Waals surface area contributed by atoms with E-state index >= 15 is 0 Å². The normalized spacial score (nSPS) is 15.5. The summed E-state index contributed by atoms with van der Waals surface area (Å²) in [5, 5.41) is 13.5. The van der Waals surface area contributed by atoms with E-state index < -0.39 is 17.9 Å². The van der Waals surface area contributed by atoms with Crippen LogP contribution in [-0.4, -0.2) is 58.5 Å². The van der Waals surface area contributed by atoms with E-state index in [4.69, 9.17) is 21.3 Å². The topological polar surface area (TPSA) is 95.0 Å². The van der Waals surface area contributed by atoms with Gasteiger partial charge in [0, 0.05) is 42.2 Å². The number of aliphatic hydroxyl groups is 1. The number of halogens is 1. The zero-order valence-electron chi connectivity index (χ0n) is 27.9. The van der Waals surface area contributed by atoms with Gasteiger partial charge in [-0.3, -0.25) is 14.5 Å². The number of likely N-dealkylation sites (N-methyl/N-ethyl adjacent to an activating group) is 1. The van der Waals surface area contributed by atoms with Crippen LogP contribution in [0.25, 0.3) is 22.4 Å². The van der Waals surface area contributed by atoms with Gasteiger partial charge < -0.3 is 20.1 Å². The third-order valence-electron chi connectivity index (χ3n) is 8.51. The number of pyridine rings is 1. The molecule has 2 aromatic carbocycles. The van der Waals surface area contributed by atoms with Crippen molar-refractivity contribution in [2.24, 2.45) is 0 Å². The molecule has 8 nitrogen and oxygen atoms in total. The number of aryl methyl sites for hydroxylation is 1. The van der Waals surface area contributed by atoms with Gasteiger partial charge in [0.2, 0.25) is 5.88 Å². The minimum atomic E-state index is -0.684. The van der Waals surface area contributed by atoms with E-state index in [0.717, 1.165) is 53.6 Å². The van der Waals surface area contributed by atoms with Gasteiger partial charge in [0.1, 0.15) is 11.4 Å². The molecular formula is C37H45ClN4O4. The molecular weight excluding hydrogens is 600 g/mol. The minimum absolute atomic E-state index is 0.0438. The lowest BCUT2D eigenvalue weighted by Crippen LogP contribution is -2.44. The van der Waals surface area contributed by atoms with Gasteiger partial charge in [-0.05, 0) is 67.3 Å². The molecule has 5 rings (SSSR count). The Morgan fingerprint density at radius 1 is 1.13 bits per heavy atom. The molecule has 244 valence electrons. The zero-order chi connectivity index (χ0) is 33.7. The Labute approximate surface area is 277 Å². The molecule has 1 aliphatic carbocycles. The van der Waals surface area contributed by atoms with Crippen LogP contribution in [0.15, 0.2) is 66.6 Å². The predicted octanol–water partition coefficient (Wildman–Crippen LogP) is 7.55. The molecule has 1 aliphatic heterocycles. The third kappa shape index (κ3) is 6.83. The Hall–Kier alpha value is -4.14. The van der Waals surface area contributed by atoms with Crippen molar-refractivity contribution in [3.8, 4) is 28.3 Å². The average molecular weight is 645 g/mol. The molecule has 0 saturated heterocycles. The molecule has 2 atom stereocenters. The number of methoxy groups -OCH3 is 1. The number of rotatable bonds is 9. The fraction of sp³-hybridized carbons (Fsp3) is 0.378. The fourth-order valence-electron chi connectivity index (χ4n) is 6.00. The summed E-state index contributed by atoms with van der Waals surface area (Å²) >= 11 is 7.17. The number of ether oxygens (including phenoxy) is 1. The molecule has 0 bridgehead atoms. The van der Waals surface area contributed by atoms with Crippen LogP contribution in [-0.2, 0) is 22.4 Å². The predicted molar refractivity (Wildman–Crippen MR) is 186 cm³/mol. The van der Waals surface area contributed by atoms with Gasteiger partial charge in [0.05, 0.1) is 23.9 Å². The van der Waals surface area contributed by atoms with E-state index in [1.807, 2.05) is 50.2 Å². The monoisotopic (exact) mass is 644 g/mol. The Balaban J connectivity index is 0.00000235. The maximum Gasteiger partial charge on any atom is 0.266 e. The minimum Gasteiger partial charge on any atom is -0.481 e. The summed E-state index contributed by atoms with van der Waals surface area (Å²) < 4.78 is 5.64.